The normalized spacial score (nSPS) is 15.3. The van der Waals surface area contributed by atoms with Crippen molar-refractivity contribution in [1.29, 1.82) is 0 Å². The topological polar surface area (TPSA) is 79.4 Å². The van der Waals surface area contributed by atoms with Gasteiger partial charge in [-0.15, -0.1) is 0 Å². The number of aromatic nitrogens is 2. The van der Waals surface area contributed by atoms with Gasteiger partial charge in [-0.25, -0.2) is 0 Å². The molecule has 7 nitrogen and oxygen atoms in total. The molecule has 0 saturated heterocycles. The Morgan fingerprint density at radius 2 is 1.94 bits per heavy atom. The van der Waals surface area contributed by atoms with Gasteiger partial charge in [0.1, 0.15) is 18.9 Å². The number of imidazole rings is 1. The van der Waals surface area contributed by atoms with E-state index >= 15 is 0 Å². The Kier molecular flexibility index (Phi) is 5.83. The molecule has 3 aromatic rings. The Labute approximate surface area is 180 Å². The van der Waals surface area contributed by atoms with E-state index in [1.807, 2.05) is 18.2 Å². The van der Waals surface area contributed by atoms with Gasteiger partial charge in [0.2, 0.25) is 0 Å². The average molecular weight is 443 g/mol. The molecule has 0 fully saturated rings. The minimum absolute atomic E-state index is 0.192. The summed E-state index contributed by atoms with van der Waals surface area (Å²) in [6, 6.07) is 12.2. The van der Waals surface area contributed by atoms with Crippen LogP contribution in [0.3, 0.4) is 0 Å². The molecule has 0 spiro atoms. The van der Waals surface area contributed by atoms with Crippen molar-refractivity contribution in [3.63, 3.8) is 0 Å². The SMILES string of the molecule is O=[N+]([O-])c1cn2c(n1)OC[C@@H](OCc1cccc(C#Cc3ccc(C(F)(F)F)cc3)c1)C2. The molecule has 2 aromatic carbocycles. The number of alkyl halides is 3. The van der Waals surface area contributed by atoms with Gasteiger partial charge in [0.25, 0.3) is 0 Å². The van der Waals surface area contributed by atoms with Crippen molar-refractivity contribution in [3.8, 4) is 17.9 Å². The van der Waals surface area contributed by atoms with Crippen LogP contribution in [0.4, 0.5) is 19.0 Å². The van der Waals surface area contributed by atoms with Crippen LogP contribution in [0.25, 0.3) is 0 Å². The molecule has 1 aliphatic rings. The third-order valence-electron chi connectivity index (χ3n) is 4.69. The highest BCUT2D eigenvalue weighted by atomic mass is 19.4. The molecule has 0 amide bonds. The molecular formula is C22H16F3N3O4. The second-order valence-electron chi connectivity index (χ2n) is 7.06. The highest BCUT2D eigenvalue weighted by Gasteiger charge is 2.30. The smallest absolute Gasteiger partial charge is 0.416 e. The fourth-order valence-electron chi connectivity index (χ4n) is 3.10. The molecule has 0 N–H and O–H groups in total. The van der Waals surface area contributed by atoms with Crippen molar-refractivity contribution in [2.45, 2.75) is 25.4 Å². The molecule has 1 atom stereocenters. The third kappa shape index (κ3) is 5.07. The summed E-state index contributed by atoms with van der Waals surface area (Å²) in [5.41, 5.74) is 1.31. The van der Waals surface area contributed by atoms with Crippen LogP contribution in [0.5, 0.6) is 6.01 Å². The van der Waals surface area contributed by atoms with Crippen molar-refractivity contribution in [3.05, 3.63) is 87.1 Å². The Morgan fingerprint density at radius 1 is 1.19 bits per heavy atom. The van der Waals surface area contributed by atoms with Gasteiger partial charge in [-0.3, -0.25) is 4.57 Å². The maximum Gasteiger partial charge on any atom is 0.416 e. The van der Waals surface area contributed by atoms with E-state index in [0.29, 0.717) is 17.7 Å². The number of fused-ring (bicyclic) bond motifs is 1. The molecule has 10 heteroatoms. The molecule has 1 aromatic heterocycles. The van der Waals surface area contributed by atoms with Crippen LogP contribution in [0.15, 0.2) is 54.7 Å². The van der Waals surface area contributed by atoms with Crippen molar-refractivity contribution in [2.24, 2.45) is 0 Å². The van der Waals surface area contributed by atoms with E-state index in [1.165, 1.54) is 22.9 Å². The summed E-state index contributed by atoms with van der Waals surface area (Å²) >= 11 is 0. The van der Waals surface area contributed by atoms with E-state index in [-0.39, 0.29) is 31.1 Å². The molecule has 1 aliphatic heterocycles. The lowest BCUT2D eigenvalue weighted by atomic mass is 10.1. The van der Waals surface area contributed by atoms with E-state index in [0.717, 1.165) is 17.7 Å². The Bertz CT molecular complexity index is 1190. The predicted molar refractivity (Wildman–Crippen MR) is 107 cm³/mol. The molecule has 0 aliphatic carbocycles. The van der Waals surface area contributed by atoms with Crippen LogP contribution in [-0.2, 0) is 24.1 Å². The lowest BCUT2D eigenvalue weighted by Crippen LogP contribution is -2.32. The quantitative estimate of drug-likeness (QED) is 0.343. The number of hydrogen-bond acceptors (Lipinski definition) is 5. The summed E-state index contributed by atoms with van der Waals surface area (Å²) in [5, 5.41) is 10.8. The summed E-state index contributed by atoms with van der Waals surface area (Å²) in [4.78, 5) is 14.0. The molecule has 32 heavy (non-hydrogen) atoms. The zero-order valence-corrected chi connectivity index (χ0v) is 16.5. The first-order chi connectivity index (χ1) is 15.3. The molecule has 0 saturated carbocycles. The van der Waals surface area contributed by atoms with Crippen LogP contribution < -0.4 is 4.74 Å². The Hall–Kier alpha value is -3.84. The van der Waals surface area contributed by atoms with Crippen LogP contribution in [-0.4, -0.2) is 27.2 Å². The van der Waals surface area contributed by atoms with Gasteiger partial charge in [0.15, 0.2) is 0 Å². The van der Waals surface area contributed by atoms with Gasteiger partial charge < -0.3 is 19.6 Å². The van der Waals surface area contributed by atoms with Gasteiger partial charge >= 0.3 is 18.0 Å². The van der Waals surface area contributed by atoms with Gasteiger partial charge in [-0.1, -0.05) is 24.0 Å². The molecule has 4 rings (SSSR count). The first kappa shape index (κ1) is 21.4. The largest absolute Gasteiger partial charge is 0.443 e. The lowest BCUT2D eigenvalue weighted by molar-refractivity contribution is -0.389. The molecule has 0 bridgehead atoms. The first-order valence-corrected chi connectivity index (χ1v) is 9.52. The van der Waals surface area contributed by atoms with Crippen molar-refractivity contribution in [2.75, 3.05) is 6.61 Å². The van der Waals surface area contributed by atoms with Crippen LogP contribution >= 0.6 is 0 Å². The van der Waals surface area contributed by atoms with E-state index < -0.39 is 16.7 Å². The van der Waals surface area contributed by atoms with Gasteiger partial charge in [0, 0.05) is 16.1 Å². The number of rotatable bonds is 4. The second kappa shape index (κ2) is 8.72. The average Bonchev–Trinajstić information content (AvgIpc) is 3.20. The monoisotopic (exact) mass is 443 g/mol. The standard InChI is InChI=1S/C22H16F3N3O4/c23-22(24,25)18-8-6-15(7-9-18)4-5-16-2-1-3-17(10-16)13-31-19-11-27-12-20(28(29)30)26-21(27)32-14-19/h1-3,6-10,12,19H,11,13-14H2/t19-/m0/s1. The number of benzene rings is 2. The van der Waals surface area contributed by atoms with Crippen LogP contribution in [0.2, 0.25) is 0 Å². The van der Waals surface area contributed by atoms with Crippen molar-refractivity contribution >= 4 is 5.82 Å². The van der Waals surface area contributed by atoms with Gasteiger partial charge in [-0.2, -0.15) is 13.2 Å². The molecule has 0 radical (unpaired) electrons. The fourth-order valence-corrected chi connectivity index (χ4v) is 3.10. The van der Waals surface area contributed by atoms with E-state index in [4.69, 9.17) is 9.47 Å². The van der Waals surface area contributed by atoms with Crippen molar-refractivity contribution < 1.29 is 27.6 Å². The van der Waals surface area contributed by atoms with E-state index in [2.05, 4.69) is 16.8 Å². The summed E-state index contributed by atoms with van der Waals surface area (Å²) in [6.07, 6.45) is -3.38. The summed E-state index contributed by atoms with van der Waals surface area (Å²) in [6.45, 7) is 0.876. The maximum atomic E-state index is 12.6. The first-order valence-electron chi connectivity index (χ1n) is 9.52. The van der Waals surface area contributed by atoms with Gasteiger partial charge in [0.05, 0.1) is 18.7 Å². The minimum Gasteiger partial charge on any atom is -0.443 e. The molecule has 0 unspecified atom stereocenters. The number of ether oxygens (including phenoxy) is 2. The summed E-state index contributed by atoms with van der Waals surface area (Å²) < 4.78 is 50.7. The highest BCUT2D eigenvalue weighted by molar-refractivity contribution is 5.44. The van der Waals surface area contributed by atoms with Crippen LogP contribution in [0.1, 0.15) is 22.3 Å². The lowest BCUT2D eigenvalue weighted by Gasteiger charge is -2.22. The number of halogens is 3. The highest BCUT2D eigenvalue weighted by Crippen LogP contribution is 2.29. The zero-order valence-electron chi connectivity index (χ0n) is 16.5. The molecule has 164 valence electrons. The summed E-state index contributed by atoms with van der Waals surface area (Å²) in [7, 11) is 0. The Balaban J connectivity index is 1.37. The second-order valence-corrected chi connectivity index (χ2v) is 7.06. The maximum absolute atomic E-state index is 12.6. The predicted octanol–water partition coefficient (Wildman–Crippen LogP) is 4.19. The Morgan fingerprint density at radius 3 is 2.66 bits per heavy atom. The molecule has 2 heterocycles. The van der Waals surface area contributed by atoms with Gasteiger partial charge in [-0.05, 0) is 46.9 Å². The van der Waals surface area contributed by atoms with E-state index in [9.17, 15) is 23.3 Å². The van der Waals surface area contributed by atoms with E-state index in [1.54, 1.807) is 6.07 Å². The molecular weight excluding hydrogens is 427 g/mol. The summed E-state index contributed by atoms with van der Waals surface area (Å²) in [5.74, 6) is 5.51. The number of hydrogen-bond donors (Lipinski definition) is 0. The fraction of sp³-hybridized carbons (Fsp3) is 0.227. The zero-order chi connectivity index (χ0) is 22.7. The van der Waals surface area contributed by atoms with Crippen LogP contribution in [0, 0.1) is 22.0 Å². The van der Waals surface area contributed by atoms with Crippen molar-refractivity contribution in [1.82, 2.24) is 9.55 Å². The number of nitro groups is 1. The third-order valence-corrected chi connectivity index (χ3v) is 4.69. The minimum atomic E-state index is -4.38. The number of nitrogens with zero attached hydrogens (tertiary/aromatic N) is 3.